The first-order valence-electron chi connectivity index (χ1n) is 6.73. The van der Waals surface area contributed by atoms with Crippen molar-refractivity contribution in [2.45, 2.75) is 25.3 Å². The minimum atomic E-state index is -3.27. The van der Waals surface area contributed by atoms with Gasteiger partial charge in [0.1, 0.15) is 0 Å². The maximum absolute atomic E-state index is 12.6. The van der Waals surface area contributed by atoms with Crippen LogP contribution in [0.2, 0.25) is 5.02 Å². The summed E-state index contributed by atoms with van der Waals surface area (Å²) in [6.07, 6.45) is 6.73. The molecular formula is C13H18ClN3O3S. The molecule has 116 valence electrons. The van der Waals surface area contributed by atoms with Gasteiger partial charge in [-0.25, -0.2) is 13.1 Å². The van der Waals surface area contributed by atoms with Crippen LogP contribution in [0.15, 0.2) is 18.5 Å². The Balaban J connectivity index is 2.15. The molecule has 6 nitrogen and oxygen atoms in total. The highest BCUT2D eigenvalue weighted by Crippen LogP contribution is 2.22. The highest BCUT2D eigenvalue weighted by atomic mass is 35.5. The third kappa shape index (κ3) is 4.39. The van der Waals surface area contributed by atoms with Gasteiger partial charge in [-0.15, -0.1) is 0 Å². The number of pyridine rings is 1. The number of likely N-dealkylation sites (tertiary alicyclic amines) is 1. The molecule has 0 bridgehead atoms. The third-order valence-corrected chi connectivity index (χ3v) is 4.49. The highest BCUT2D eigenvalue weighted by molar-refractivity contribution is 7.88. The lowest BCUT2D eigenvalue weighted by Gasteiger charge is -2.35. The van der Waals surface area contributed by atoms with Crippen molar-refractivity contribution >= 4 is 27.5 Å². The molecule has 1 amide bonds. The van der Waals surface area contributed by atoms with Gasteiger partial charge < -0.3 is 4.90 Å². The van der Waals surface area contributed by atoms with E-state index >= 15 is 0 Å². The zero-order chi connectivity index (χ0) is 15.5. The van der Waals surface area contributed by atoms with E-state index in [-0.39, 0.29) is 18.5 Å². The van der Waals surface area contributed by atoms with Crippen LogP contribution in [-0.2, 0) is 10.0 Å². The number of hydrogen-bond acceptors (Lipinski definition) is 4. The SMILES string of the molecule is CS(=O)(=O)NCC1CCCCN1C(=O)c1cnccc1Cl. The van der Waals surface area contributed by atoms with E-state index in [1.165, 1.54) is 12.4 Å². The number of carbonyl (C=O) groups is 1. The molecule has 8 heteroatoms. The Morgan fingerprint density at radius 3 is 2.95 bits per heavy atom. The molecule has 1 fully saturated rings. The average Bonchev–Trinajstić information content (AvgIpc) is 2.44. The number of amides is 1. The summed E-state index contributed by atoms with van der Waals surface area (Å²) in [7, 11) is -3.27. The summed E-state index contributed by atoms with van der Waals surface area (Å²) < 4.78 is 24.9. The van der Waals surface area contributed by atoms with Crippen LogP contribution in [0, 0.1) is 0 Å². The van der Waals surface area contributed by atoms with Crippen LogP contribution in [-0.4, -0.2) is 49.6 Å². The summed E-state index contributed by atoms with van der Waals surface area (Å²) in [4.78, 5) is 18.2. The number of piperidine rings is 1. The Labute approximate surface area is 129 Å². The molecule has 0 aromatic carbocycles. The Morgan fingerprint density at radius 1 is 1.52 bits per heavy atom. The summed E-state index contributed by atoms with van der Waals surface area (Å²) in [5.41, 5.74) is 0.352. The summed E-state index contributed by atoms with van der Waals surface area (Å²) in [6, 6.07) is 1.42. The first-order valence-corrected chi connectivity index (χ1v) is 9.00. The Morgan fingerprint density at radius 2 is 2.29 bits per heavy atom. The lowest BCUT2D eigenvalue weighted by Crippen LogP contribution is -2.49. The van der Waals surface area contributed by atoms with Crippen molar-refractivity contribution < 1.29 is 13.2 Å². The van der Waals surface area contributed by atoms with Gasteiger partial charge in [0.05, 0.1) is 16.8 Å². The van der Waals surface area contributed by atoms with Crippen LogP contribution >= 0.6 is 11.6 Å². The van der Waals surface area contributed by atoms with Gasteiger partial charge in [0.25, 0.3) is 5.91 Å². The first-order chi connectivity index (χ1) is 9.88. The molecule has 1 aromatic heterocycles. The molecule has 1 aromatic rings. The molecule has 1 unspecified atom stereocenters. The monoisotopic (exact) mass is 331 g/mol. The van der Waals surface area contributed by atoms with E-state index in [4.69, 9.17) is 11.6 Å². The van der Waals surface area contributed by atoms with Crippen molar-refractivity contribution in [2.75, 3.05) is 19.3 Å². The van der Waals surface area contributed by atoms with Gasteiger partial charge in [0, 0.05) is 31.5 Å². The van der Waals surface area contributed by atoms with Gasteiger partial charge in [0.2, 0.25) is 10.0 Å². The molecule has 1 aliphatic rings. The van der Waals surface area contributed by atoms with Crippen molar-refractivity contribution in [1.29, 1.82) is 0 Å². The number of hydrogen-bond donors (Lipinski definition) is 1. The predicted octanol–water partition coefficient (Wildman–Crippen LogP) is 1.28. The maximum atomic E-state index is 12.6. The molecule has 2 rings (SSSR count). The fourth-order valence-electron chi connectivity index (χ4n) is 2.42. The van der Waals surface area contributed by atoms with E-state index in [1.807, 2.05) is 0 Å². The second-order valence-electron chi connectivity index (χ2n) is 5.12. The first kappa shape index (κ1) is 16.2. The molecular weight excluding hydrogens is 314 g/mol. The largest absolute Gasteiger partial charge is 0.334 e. The predicted molar refractivity (Wildman–Crippen MR) is 80.8 cm³/mol. The number of nitrogens with zero attached hydrogens (tertiary/aromatic N) is 2. The van der Waals surface area contributed by atoms with Crippen LogP contribution in [0.4, 0.5) is 0 Å². The molecule has 1 aliphatic heterocycles. The van der Waals surface area contributed by atoms with Gasteiger partial charge in [-0.05, 0) is 25.3 Å². The summed E-state index contributed by atoms with van der Waals surface area (Å²) >= 11 is 6.04. The van der Waals surface area contributed by atoms with Crippen LogP contribution in [0.3, 0.4) is 0 Å². The van der Waals surface area contributed by atoms with Crippen molar-refractivity contribution in [1.82, 2.24) is 14.6 Å². The van der Waals surface area contributed by atoms with Crippen LogP contribution in [0.25, 0.3) is 0 Å². The topological polar surface area (TPSA) is 79.4 Å². The van der Waals surface area contributed by atoms with E-state index in [9.17, 15) is 13.2 Å². The Kier molecular flexibility index (Phi) is 5.18. The van der Waals surface area contributed by atoms with E-state index in [2.05, 4.69) is 9.71 Å². The lowest BCUT2D eigenvalue weighted by molar-refractivity contribution is 0.0618. The number of nitrogens with one attached hydrogen (secondary N) is 1. The Bertz CT molecular complexity index is 621. The fraction of sp³-hybridized carbons (Fsp3) is 0.538. The normalized spacial score (nSPS) is 19.5. The van der Waals surface area contributed by atoms with Crippen molar-refractivity contribution in [3.63, 3.8) is 0 Å². The zero-order valence-corrected chi connectivity index (χ0v) is 13.3. The molecule has 1 atom stereocenters. The van der Waals surface area contributed by atoms with E-state index in [1.54, 1.807) is 11.0 Å². The summed E-state index contributed by atoms with van der Waals surface area (Å²) in [5.74, 6) is -0.201. The van der Waals surface area contributed by atoms with Gasteiger partial charge in [-0.2, -0.15) is 0 Å². The lowest BCUT2D eigenvalue weighted by atomic mass is 10.0. The van der Waals surface area contributed by atoms with Crippen molar-refractivity contribution in [2.24, 2.45) is 0 Å². The minimum absolute atomic E-state index is 0.155. The quantitative estimate of drug-likeness (QED) is 0.901. The molecule has 0 saturated carbocycles. The van der Waals surface area contributed by atoms with Crippen LogP contribution in [0.1, 0.15) is 29.6 Å². The number of sulfonamides is 1. The fourth-order valence-corrected chi connectivity index (χ4v) is 3.10. The second-order valence-corrected chi connectivity index (χ2v) is 7.36. The van der Waals surface area contributed by atoms with E-state index in [0.29, 0.717) is 17.1 Å². The number of halogens is 1. The number of rotatable bonds is 4. The van der Waals surface area contributed by atoms with Crippen molar-refractivity contribution in [3.05, 3.63) is 29.0 Å². The molecule has 1 saturated heterocycles. The van der Waals surface area contributed by atoms with Gasteiger partial charge in [-0.3, -0.25) is 9.78 Å². The maximum Gasteiger partial charge on any atom is 0.257 e. The van der Waals surface area contributed by atoms with Gasteiger partial charge >= 0.3 is 0 Å². The number of aromatic nitrogens is 1. The van der Waals surface area contributed by atoms with Gasteiger partial charge in [-0.1, -0.05) is 11.6 Å². The third-order valence-electron chi connectivity index (χ3n) is 3.47. The smallest absolute Gasteiger partial charge is 0.257 e. The van der Waals surface area contributed by atoms with Crippen molar-refractivity contribution in [3.8, 4) is 0 Å². The highest BCUT2D eigenvalue weighted by Gasteiger charge is 2.29. The molecule has 0 spiro atoms. The minimum Gasteiger partial charge on any atom is -0.334 e. The van der Waals surface area contributed by atoms with E-state index in [0.717, 1.165) is 25.5 Å². The van der Waals surface area contributed by atoms with Crippen LogP contribution in [0.5, 0.6) is 0 Å². The Hall–Kier alpha value is -1.18. The van der Waals surface area contributed by atoms with E-state index < -0.39 is 10.0 Å². The summed E-state index contributed by atoms with van der Waals surface area (Å²) in [6.45, 7) is 0.822. The average molecular weight is 332 g/mol. The molecule has 21 heavy (non-hydrogen) atoms. The second kappa shape index (κ2) is 6.72. The molecule has 0 radical (unpaired) electrons. The molecule has 1 N–H and O–H groups in total. The summed E-state index contributed by atoms with van der Waals surface area (Å²) in [5, 5.41) is 0.357. The zero-order valence-electron chi connectivity index (χ0n) is 11.8. The molecule has 0 aliphatic carbocycles. The van der Waals surface area contributed by atoms with Gasteiger partial charge in [0.15, 0.2) is 0 Å². The molecule has 2 heterocycles. The standard InChI is InChI=1S/C13H18ClN3O3S/c1-21(19,20)16-8-10-4-2-3-7-17(10)13(18)11-9-15-6-5-12(11)14/h5-6,9-10,16H,2-4,7-8H2,1H3. The van der Waals surface area contributed by atoms with Crippen LogP contribution < -0.4 is 4.72 Å². The number of carbonyl (C=O) groups excluding carboxylic acids is 1.